The second-order valence-corrected chi connectivity index (χ2v) is 8.80. The molecule has 0 heterocycles. The molecular formula is C34H20N2. The molecule has 0 N–H and O–H groups in total. The summed E-state index contributed by atoms with van der Waals surface area (Å²) in [6, 6.07) is 45.6. The Balaban J connectivity index is 1.63. The van der Waals surface area contributed by atoms with E-state index in [4.69, 9.17) is 0 Å². The standard InChI is InChI=1S/C34H20N2/c35-21-29-13-11-27-19-25(23-7-3-1-4-8-23)15-17-31(27)33(29)34-30(22-36)14-12-28-20-26(16-18-32(28)34)24-9-5-2-6-10-24/h1-20H. The van der Waals surface area contributed by atoms with Gasteiger partial charge in [0.05, 0.1) is 23.3 Å². The molecule has 0 radical (unpaired) electrons. The summed E-state index contributed by atoms with van der Waals surface area (Å²) in [5.74, 6) is 0. The lowest BCUT2D eigenvalue weighted by Gasteiger charge is -2.15. The fourth-order valence-electron chi connectivity index (χ4n) is 5.00. The Kier molecular flexibility index (Phi) is 5.27. The molecule has 0 fully saturated rings. The van der Waals surface area contributed by atoms with E-state index in [1.807, 2.05) is 60.7 Å². The van der Waals surface area contributed by atoms with Crippen molar-refractivity contribution in [2.75, 3.05) is 0 Å². The molecule has 0 aliphatic heterocycles. The Morgan fingerprint density at radius 2 is 0.806 bits per heavy atom. The van der Waals surface area contributed by atoms with Gasteiger partial charge in [-0.2, -0.15) is 10.5 Å². The lowest BCUT2D eigenvalue weighted by Crippen LogP contribution is -1.93. The number of hydrogen-bond donors (Lipinski definition) is 0. The van der Waals surface area contributed by atoms with Crippen LogP contribution in [0.3, 0.4) is 0 Å². The highest BCUT2D eigenvalue weighted by Crippen LogP contribution is 2.40. The maximum Gasteiger partial charge on any atom is 0.0998 e. The zero-order valence-corrected chi connectivity index (χ0v) is 19.4. The molecule has 2 heteroatoms. The molecule has 0 aliphatic rings. The van der Waals surface area contributed by atoms with Crippen molar-refractivity contribution >= 4 is 21.5 Å². The molecule has 0 aliphatic carbocycles. The first-order valence-electron chi connectivity index (χ1n) is 11.8. The fourth-order valence-corrected chi connectivity index (χ4v) is 5.00. The first-order valence-corrected chi connectivity index (χ1v) is 11.8. The van der Waals surface area contributed by atoms with E-state index in [-0.39, 0.29) is 0 Å². The summed E-state index contributed by atoms with van der Waals surface area (Å²) < 4.78 is 0. The van der Waals surface area contributed by atoms with Crippen LogP contribution in [0, 0.1) is 22.7 Å². The molecule has 6 aromatic rings. The quantitative estimate of drug-likeness (QED) is 0.267. The van der Waals surface area contributed by atoms with Crippen LogP contribution in [0.25, 0.3) is 54.9 Å². The molecular weight excluding hydrogens is 436 g/mol. The van der Waals surface area contributed by atoms with Crippen molar-refractivity contribution in [3.8, 4) is 45.5 Å². The van der Waals surface area contributed by atoms with Crippen molar-refractivity contribution in [3.05, 3.63) is 132 Å². The zero-order valence-electron chi connectivity index (χ0n) is 19.4. The normalized spacial score (nSPS) is 10.7. The van der Waals surface area contributed by atoms with E-state index in [0.29, 0.717) is 11.1 Å². The minimum atomic E-state index is 0.561. The summed E-state index contributed by atoms with van der Waals surface area (Å²) in [7, 11) is 0. The molecule has 0 unspecified atom stereocenters. The highest BCUT2D eigenvalue weighted by Gasteiger charge is 2.18. The van der Waals surface area contributed by atoms with E-state index in [1.54, 1.807) is 0 Å². The van der Waals surface area contributed by atoms with E-state index in [9.17, 15) is 10.5 Å². The largest absolute Gasteiger partial charge is 0.192 e. The third-order valence-electron chi connectivity index (χ3n) is 6.74. The van der Waals surface area contributed by atoms with Crippen LogP contribution in [0.15, 0.2) is 121 Å². The molecule has 6 aromatic carbocycles. The van der Waals surface area contributed by atoms with Crippen LogP contribution in [-0.4, -0.2) is 0 Å². The number of nitrogens with zero attached hydrogens (tertiary/aromatic N) is 2. The van der Waals surface area contributed by atoms with Gasteiger partial charge in [-0.15, -0.1) is 0 Å². The fraction of sp³-hybridized carbons (Fsp3) is 0. The SMILES string of the molecule is N#Cc1ccc2cc(-c3ccccc3)ccc2c1-c1c(C#N)ccc2cc(-c3ccccc3)ccc12. The lowest BCUT2D eigenvalue weighted by molar-refractivity contribution is 1.47. The Bertz CT molecular complexity index is 1700. The van der Waals surface area contributed by atoms with Crippen molar-refractivity contribution in [2.24, 2.45) is 0 Å². The summed E-state index contributed by atoms with van der Waals surface area (Å²) in [5.41, 5.74) is 7.25. The van der Waals surface area contributed by atoms with Gasteiger partial charge in [0.15, 0.2) is 0 Å². The second kappa shape index (κ2) is 8.88. The number of rotatable bonds is 3. The molecule has 36 heavy (non-hydrogen) atoms. The van der Waals surface area contributed by atoms with Gasteiger partial charge in [0.1, 0.15) is 0 Å². The summed E-state index contributed by atoms with van der Waals surface area (Å²) in [6.45, 7) is 0. The number of fused-ring (bicyclic) bond motifs is 2. The zero-order chi connectivity index (χ0) is 24.5. The summed E-state index contributed by atoms with van der Waals surface area (Å²) in [4.78, 5) is 0. The van der Waals surface area contributed by atoms with Crippen LogP contribution < -0.4 is 0 Å². The van der Waals surface area contributed by atoms with Gasteiger partial charge in [-0.05, 0) is 68.1 Å². The van der Waals surface area contributed by atoms with Gasteiger partial charge < -0.3 is 0 Å². The van der Waals surface area contributed by atoms with Crippen LogP contribution >= 0.6 is 0 Å². The Labute approximate surface area is 209 Å². The number of hydrogen-bond acceptors (Lipinski definition) is 2. The summed E-state index contributed by atoms with van der Waals surface area (Å²) in [6.07, 6.45) is 0. The van der Waals surface area contributed by atoms with Crippen molar-refractivity contribution in [2.45, 2.75) is 0 Å². The summed E-state index contributed by atoms with van der Waals surface area (Å²) >= 11 is 0. The molecule has 6 rings (SSSR count). The molecule has 0 saturated heterocycles. The number of benzene rings is 6. The highest BCUT2D eigenvalue weighted by molar-refractivity contribution is 6.10. The average molecular weight is 457 g/mol. The van der Waals surface area contributed by atoms with Gasteiger partial charge in [-0.3, -0.25) is 0 Å². The lowest BCUT2D eigenvalue weighted by atomic mass is 9.86. The minimum Gasteiger partial charge on any atom is -0.192 e. The van der Waals surface area contributed by atoms with E-state index < -0.39 is 0 Å². The highest BCUT2D eigenvalue weighted by atomic mass is 14.3. The molecule has 0 atom stereocenters. The molecule has 0 bridgehead atoms. The van der Waals surface area contributed by atoms with E-state index in [0.717, 1.165) is 54.9 Å². The molecule has 166 valence electrons. The Morgan fingerprint density at radius 3 is 1.19 bits per heavy atom. The van der Waals surface area contributed by atoms with E-state index in [2.05, 4.69) is 72.8 Å². The maximum atomic E-state index is 10.1. The first kappa shape index (κ1) is 21.4. The molecule has 2 nitrogen and oxygen atoms in total. The van der Waals surface area contributed by atoms with Crippen LogP contribution in [0.2, 0.25) is 0 Å². The van der Waals surface area contributed by atoms with Crippen molar-refractivity contribution < 1.29 is 0 Å². The molecule has 0 spiro atoms. The maximum absolute atomic E-state index is 10.1. The number of nitriles is 2. The van der Waals surface area contributed by atoms with Crippen LogP contribution in [-0.2, 0) is 0 Å². The summed E-state index contributed by atoms with van der Waals surface area (Å²) in [5, 5.41) is 24.1. The van der Waals surface area contributed by atoms with Gasteiger partial charge in [0, 0.05) is 11.1 Å². The second-order valence-electron chi connectivity index (χ2n) is 8.80. The van der Waals surface area contributed by atoms with Crippen LogP contribution in [0.4, 0.5) is 0 Å². The molecule has 0 aromatic heterocycles. The topological polar surface area (TPSA) is 47.6 Å². The molecule has 0 amide bonds. The monoisotopic (exact) mass is 456 g/mol. The van der Waals surface area contributed by atoms with Gasteiger partial charge in [0.25, 0.3) is 0 Å². The van der Waals surface area contributed by atoms with Crippen molar-refractivity contribution in [3.63, 3.8) is 0 Å². The smallest absolute Gasteiger partial charge is 0.0998 e. The van der Waals surface area contributed by atoms with E-state index >= 15 is 0 Å². The Hall–Kier alpha value is -5.18. The predicted octanol–water partition coefficient (Wildman–Crippen LogP) is 8.74. The van der Waals surface area contributed by atoms with Gasteiger partial charge >= 0.3 is 0 Å². The Morgan fingerprint density at radius 1 is 0.389 bits per heavy atom. The predicted molar refractivity (Wildman–Crippen MR) is 147 cm³/mol. The van der Waals surface area contributed by atoms with Gasteiger partial charge in [-0.1, -0.05) is 97.1 Å². The van der Waals surface area contributed by atoms with Crippen LogP contribution in [0.5, 0.6) is 0 Å². The van der Waals surface area contributed by atoms with E-state index in [1.165, 1.54) is 0 Å². The van der Waals surface area contributed by atoms with Crippen molar-refractivity contribution in [1.29, 1.82) is 10.5 Å². The van der Waals surface area contributed by atoms with Crippen molar-refractivity contribution in [1.82, 2.24) is 0 Å². The third kappa shape index (κ3) is 3.59. The average Bonchev–Trinajstić information content (AvgIpc) is 2.96. The third-order valence-corrected chi connectivity index (χ3v) is 6.74. The molecule has 0 saturated carbocycles. The minimum absolute atomic E-state index is 0.561. The van der Waals surface area contributed by atoms with Gasteiger partial charge in [-0.25, -0.2) is 0 Å². The van der Waals surface area contributed by atoms with Crippen LogP contribution in [0.1, 0.15) is 11.1 Å². The van der Waals surface area contributed by atoms with Gasteiger partial charge in [0.2, 0.25) is 0 Å². The first-order chi connectivity index (χ1) is 17.8.